The summed E-state index contributed by atoms with van der Waals surface area (Å²) in [5, 5.41) is 11.0. The summed E-state index contributed by atoms with van der Waals surface area (Å²) in [6.45, 7) is 1.45. The zero-order chi connectivity index (χ0) is 28.5. The predicted octanol–water partition coefficient (Wildman–Crippen LogP) is 6.06. The van der Waals surface area contributed by atoms with Gasteiger partial charge in [0.1, 0.15) is 17.1 Å². The maximum absolute atomic E-state index is 14.3. The van der Waals surface area contributed by atoms with Crippen molar-refractivity contribution in [1.82, 2.24) is 40.4 Å². The Balaban J connectivity index is 1.21. The van der Waals surface area contributed by atoms with Gasteiger partial charge in [-0.2, -0.15) is 5.10 Å². The minimum Gasteiger partial charge on any atom is -0.497 e. The number of methoxy groups -OCH3 is 1. The SMILES string of the molecule is COc1cc(F)cc(-c2cncc3[nH]c(-c4n[nH]c5ccc(-c6cncc(CNCc7ccccc7)c6)nc45)nc23)c1. The molecule has 9 nitrogen and oxygen atoms in total. The number of rotatable bonds is 8. The molecule has 7 aromatic rings. The first-order chi connectivity index (χ1) is 20.6. The van der Waals surface area contributed by atoms with Gasteiger partial charge in [-0.25, -0.2) is 14.4 Å². The monoisotopic (exact) mass is 556 g/mol. The first-order valence-corrected chi connectivity index (χ1v) is 13.4. The van der Waals surface area contributed by atoms with Gasteiger partial charge >= 0.3 is 0 Å². The molecular weight excluding hydrogens is 531 g/mol. The fraction of sp³-hybridized carbons (Fsp3) is 0.0938. The second kappa shape index (κ2) is 10.8. The minimum atomic E-state index is -0.405. The molecule has 0 aliphatic carbocycles. The molecule has 2 aromatic carbocycles. The highest BCUT2D eigenvalue weighted by molar-refractivity contribution is 5.96. The number of hydrogen-bond donors (Lipinski definition) is 3. The first kappa shape index (κ1) is 25.5. The molecule has 206 valence electrons. The molecule has 10 heteroatoms. The molecule has 42 heavy (non-hydrogen) atoms. The molecule has 0 unspecified atom stereocenters. The van der Waals surface area contributed by atoms with Crippen molar-refractivity contribution >= 4 is 22.1 Å². The molecule has 0 aliphatic rings. The number of nitrogens with one attached hydrogen (secondary N) is 3. The van der Waals surface area contributed by atoms with Gasteiger partial charge in [0, 0.05) is 48.9 Å². The van der Waals surface area contributed by atoms with Gasteiger partial charge in [0.15, 0.2) is 11.5 Å². The van der Waals surface area contributed by atoms with E-state index in [4.69, 9.17) is 14.7 Å². The van der Waals surface area contributed by atoms with Crippen molar-refractivity contribution < 1.29 is 9.13 Å². The number of nitrogens with zero attached hydrogens (tertiary/aromatic N) is 5. The quantitative estimate of drug-likeness (QED) is 0.208. The van der Waals surface area contributed by atoms with Crippen LogP contribution in [0.1, 0.15) is 11.1 Å². The van der Waals surface area contributed by atoms with Gasteiger partial charge in [-0.05, 0) is 47.0 Å². The topological polar surface area (TPSA) is 117 Å². The van der Waals surface area contributed by atoms with Crippen molar-refractivity contribution in [1.29, 1.82) is 0 Å². The number of pyridine rings is 3. The van der Waals surface area contributed by atoms with Crippen molar-refractivity contribution in [3.63, 3.8) is 0 Å². The van der Waals surface area contributed by atoms with E-state index in [9.17, 15) is 4.39 Å². The number of hydrogen-bond acceptors (Lipinski definition) is 7. The molecule has 7 rings (SSSR count). The Labute approximate surface area is 239 Å². The molecule has 0 amide bonds. The minimum absolute atomic E-state index is 0.405. The second-order valence-corrected chi connectivity index (χ2v) is 9.88. The van der Waals surface area contributed by atoms with Crippen LogP contribution >= 0.6 is 0 Å². The van der Waals surface area contributed by atoms with Crippen molar-refractivity contribution in [3.8, 4) is 39.7 Å². The molecular formula is C32H25FN8O. The van der Waals surface area contributed by atoms with E-state index in [1.165, 1.54) is 24.8 Å². The summed E-state index contributed by atoms with van der Waals surface area (Å²) in [6, 6.07) is 20.8. The maximum atomic E-state index is 14.3. The van der Waals surface area contributed by atoms with Crippen LogP contribution in [0.2, 0.25) is 0 Å². The number of halogens is 1. The van der Waals surface area contributed by atoms with Crippen molar-refractivity contribution in [2.75, 3.05) is 7.11 Å². The Hall–Kier alpha value is -5.48. The van der Waals surface area contributed by atoms with Gasteiger partial charge in [-0.15, -0.1) is 0 Å². The molecule has 0 saturated carbocycles. The smallest absolute Gasteiger partial charge is 0.161 e. The van der Waals surface area contributed by atoms with Crippen molar-refractivity contribution in [2.45, 2.75) is 13.1 Å². The van der Waals surface area contributed by atoms with E-state index in [1.54, 1.807) is 24.7 Å². The van der Waals surface area contributed by atoms with Gasteiger partial charge in [-0.3, -0.25) is 15.1 Å². The second-order valence-electron chi connectivity index (χ2n) is 9.88. The number of H-pyrrole nitrogens is 2. The Morgan fingerprint density at radius 1 is 0.786 bits per heavy atom. The van der Waals surface area contributed by atoms with Crippen LogP contribution in [0.3, 0.4) is 0 Å². The number of fused-ring (bicyclic) bond motifs is 2. The van der Waals surface area contributed by atoms with Crippen LogP contribution < -0.4 is 10.1 Å². The highest BCUT2D eigenvalue weighted by Crippen LogP contribution is 2.33. The zero-order valence-corrected chi connectivity index (χ0v) is 22.6. The molecule has 5 aromatic heterocycles. The summed E-state index contributed by atoms with van der Waals surface area (Å²) in [6.07, 6.45) is 7.01. The standard InChI is InChI=1S/C32H25FN8O/c1-42-24-11-21(10-23(33)12-24)25-17-36-18-28-29(25)39-32(38-28)31-30-27(40-41-31)8-7-26(37-30)22-9-20(15-35-16-22)14-34-13-19-5-3-2-4-6-19/h2-12,15-18,34H,13-14H2,1H3,(H,38,39)(H,40,41). The van der Waals surface area contributed by atoms with Crippen molar-refractivity contribution in [3.05, 3.63) is 108 Å². The summed E-state index contributed by atoms with van der Waals surface area (Å²) < 4.78 is 19.5. The predicted molar refractivity (Wildman–Crippen MR) is 159 cm³/mol. The molecule has 0 fully saturated rings. The average Bonchev–Trinajstić information content (AvgIpc) is 3.65. The number of imidazole rings is 1. The Bertz CT molecular complexity index is 2040. The fourth-order valence-electron chi connectivity index (χ4n) is 4.99. The van der Waals surface area contributed by atoms with Crippen molar-refractivity contribution in [2.24, 2.45) is 0 Å². The summed E-state index contributed by atoms with van der Waals surface area (Å²) in [5.41, 5.74) is 8.59. The van der Waals surface area contributed by atoms with Gasteiger partial charge in [0.2, 0.25) is 0 Å². The molecule has 0 saturated heterocycles. The third-order valence-electron chi connectivity index (χ3n) is 7.04. The van der Waals surface area contributed by atoms with E-state index in [0.717, 1.165) is 28.9 Å². The van der Waals surface area contributed by atoms with E-state index < -0.39 is 5.82 Å². The highest BCUT2D eigenvalue weighted by Gasteiger charge is 2.18. The third-order valence-corrected chi connectivity index (χ3v) is 7.04. The number of aromatic nitrogens is 7. The molecule has 0 bridgehead atoms. The molecule has 0 aliphatic heterocycles. The molecule has 0 atom stereocenters. The molecule has 3 N–H and O–H groups in total. The summed E-state index contributed by atoms with van der Waals surface area (Å²) >= 11 is 0. The lowest BCUT2D eigenvalue weighted by atomic mass is 10.1. The lowest BCUT2D eigenvalue weighted by Gasteiger charge is -2.07. The zero-order valence-electron chi connectivity index (χ0n) is 22.6. The largest absolute Gasteiger partial charge is 0.497 e. The lowest BCUT2D eigenvalue weighted by molar-refractivity contribution is 0.411. The number of benzene rings is 2. The van der Waals surface area contributed by atoms with Gasteiger partial charge in [0.25, 0.3) is 0 Å². The highest BCUT2D eigenvalue weighted by atomic mass is 19.1. The first-order valence-electron chi connectivity index (χ1n) is 13.4. The summed E-state index contributed by atoms with van der Waals surface area (Å²) in [4.78, 5) is 21.9. The molecule has 0 spiro atoms. The number of ether oxygens (including phenoxy) is 1. The maximum Gasteiger partial charge on any atom is 0.161 e. The fourth-order valence-corrected chi connectivity index (χ4v) is 4.99. The van der Waals surface area contributed by atoms with Crippen LogP contribution in [-0.2, 0) is 13.1 Å². The van der Waals surface area contributed by atoms with Crippen LogP contribution in [0.4, 0.5) is 4.39 Å². The van der Waals surface area contributed by atoms with Crippen LogP contribution in [0.5, 0.6) is 5.75 Å². The Morgan fingerprint density at radius 3 is 2.52 bits per heavy atom. The van der Waals surface area contributed by atoms with E-state index in [0.29, 0.717) is 51.5 Å². The van der Waals surface area contributed by atoms with Gasteiger partial charge in [-0.1, -0.05) is 30.3 Å². The van der Waals surface area contributed by atoms with E-state index in [1.807, 2.05) is 36.5 Å². The third kappa shape index (κ3) is 4.95. The van der Waals surface area contributed by atoms with Crippen LogP contribution in [0.15, 0.2) is 91.5 Å². The summed E-state index contributed by atoms with van der Waals surface area (Å²) in [5.74, 6) is 0.534. The molecule has 0 radical (unpaired) electrons. The van der Waals surface area contributed by atoms with Crippen LogP contribution in [-0.4, -0.2) is 42.2 Å². The number of aromatic amines is 2. The average molecular weight is 557 g/mol. The van der Waals surface area contributed by atoms with E-state index >= 15 is 0 Å². The van der Waals surface area contributed by atoms with Gasteiger partial charge < -0.3 is 15.0 Å². The molecule has 5 heterocycles. The van der Waals surface area contributed by atoms with E-state index in [-0.39, 0.29) is 0 Å². The van der Waals surface area contributed by atoms with Crippen LogP contribution in [0, 0.1) is 5.82 Å². The lowest BCUT2D eigenvalue weighted by Crippen LogP contribution is -2.12. The van der Waals surface area contributed by atoms with E-state index in [2.05, 4.69) is 48.7 Å². The Kier molecular flexibility index (Phi) is 6.57. The van der Waals surface area contributed by atoms with Gasteiger partial charge in [0.05, 0.1) is 35.6 Å². The Morgan fingerprint density at radius 2 is 1.64 bits per heavy atom. The van der Waals surface area contributed by atoms with Crippen LogP contribution in [0.25, 0.3) is 56.0 Å². The normalized spacial score (nSPS) is 11.4. The summed E-state index contributed by atoms with van der Waals surface area (Å²) in [7, 11) is 1.50.